The third-order valence-corrected chi connectivity index (χ3v) is 2.82. The van der Waals surface area contributed by atoms with Crippen molar-refractivity contribution in [2.45, 2.75) is 46.1 Å². The summed E-state index contributed by atoms with van der Waals surface area (Å²) in [6.07, 6.45) is 3.02. The Kier molecular flexibility index (Phi) is 5.92. The van der Waals surface area contributed by atoms with E-state index in [2.05, 4.69) is 6.92 Å². The average Bonchev–Trinajstić information content (AvgIpc) is 2.34. The molecule has 0 aromatic heterocycles. The first-order valence-electron chi connectivity index (χ1n) is 6.37. The van der Waals surface area contributed by atoms with E-state index in [9.17, 15) is 4.79 Å². The molecule has 0 aliphatic rings. The van der Waals surface area contributed by atoms with Crippen molar-refractivity contribution in [3.05, 3.63) is 35.4 Å². The molecule has 0 aliphatic carbocycles. The molecule has 0 N–H and O–H groups in total. The number of benzene rings is 1. The first-order chi connectivity index (χ1) is 8.15. The molecule has 0 amide bonds. The summed E-state index contributed by atoms with van der Waals surface area (Å²) in [7, 11) is 0. The van der Waals surface area contributed by atoms with Crippen LogP contribution in [0.25, 0.3) is 0 Å². The van der Waals surface area contributed by atoms with Gasteiger partial charge in [-0.1, -0.05) is 49.6 Å². The second-order valence-electron chi connectivity index (χ2n) is 4.45. The predicted octanol–water partition coefficient (Wildman–Crippen LogP) is 3.77. The largest absolute Gasteiger partial charge is 0.370 e. The second kappa shape index (κ2) is 7.23. The zero-order valence-electron chi connectivity index (χ0n) is 11.0. The summed E-state index contributed by atoms with van der Waals surface area (Å²) in [5, 5.41) is 0. The Hall–Kier alpha value is -1.15. The molecule has 0 bridgehead atoms. The van der Waals surface area contributed by atoms with Crippen LogP contribution in [0.15, 0.2) is 24.3 Å². The van der Waals surface area contributed by atoms with Crippen LogP contribution >= 0.6 is 0 Å². The van der Waals surface area contributed by atoms with Gasteiger partial charge >= 0.3 is 0 Å². The van der Waals surface area contributed by atoms with Gasteiger partial charge in [-0.3, -0.25) is 4.79 Å². The molecule has 0 saturated heterocycles. The van der Waals surface area contributed by atoms with E-state index < -0.39 is 0 Å². The van der Waals surface area contributed by atoms with Gasteiger partial charge in [0.05, 0.1) is 0 Å². The van der Waals surface area contributed by atoms with E-state index in [0.29, 0.717) is 6.61 Å². The maximum Gasteiger partial charge on any atom is 0.191 e. The van der Waals surface area contributed by atoms with Crippen molar-refractivity contribution in [2.75, 3.05) is 6.61 Å². The number of hydrogen-bond donors (Lipinski definition) is 0. The van der Waals surface area contributed by atoms with Crippen LogP contribution in [-0.4, -0.2) is 18.5 Å². The minimum Gasteiger partial charge on any atom is -0.370 e. The van der Waals surface area contributed by atoms with Gasteiger partial charge in [0.15, 0.2) is 5.78 Å². The predicted molar refractivity (Wildman–Crippen MR) is 70.4 cm³/mol. The number of unbranched alkanes of at least 4 members (excludes halogenated alkanes) is 2. The fourth-order valence-electron chi connectivity index (χ4n) is 1.64. The highest BCUT2D eigenvalue weighted by Gasteiger charge is 2.14. The fourth-order valence-corrected chi connectivity index (χ4v) is 1.64. The van der Waals surface area contributed by atoms with Crippen LogP contribution in [0, 0.1) is 6.92 Å². The van der Waals surface area contributed by atoms with Gasteiger partial charge in [0.2, 0.25) is 0 Å². The molecular formula is C15H22O2. The van der Waals surface area contributed by atoms with Gasteiger partial charge in [-0.15, -0.1) is 0 Å². The van der Waals surface area contributed by atoms with E-state index >= 15 is 0 Å². The summed E-state index contributed by atoms with van der Waals surface area (Å²) >= 11 is 0. The van der Waals surface area contributed by atoms with Crippen LogP contribution in [0.3, 0.4) is 0 Å². The smallest absolute Gasteiger partial charge is 0.191 e. The van der Waals surface area contributed by atoms with Gasteiger partial charge in [-0.05, 0) is 20.3 Å². The molecule has 1 atom stereocenters. The van der Waals surface area contributed by atoms with Crippen molar-refractivity contribution in [3.8, 4) is 0 Å². The van der Waals surface area contributed by atoms with Crippen molar-refractivity contribution in [2.24, 2.45) is 0 Å². The first kappa shape index (κ1) is 13.9. The highest BCUT2D eigenvalue weighted by Crippen LogP contribution is 2.09. The van der Waals surface area contributed by atoms with Crippen LogP contribution in [0.5, 0.6) is 0 Å². The minimum atomic E-state index is -0.338. The first-order valence-corrected chi connectivity index (χ1v) is 6.37. The normalized spacial score (nSPS) is 12.4. The van der Waals surface area contributed by atoms with Crippen molar-refractivity contribution in [1.29, 1.82) is 0 Å². The summed E-state index contributed by atoms with van der Waals surface area (Å²) < 4.78 is 5.54. The summed E-state index contributed by atoms with van der Waals surface area (Å²) in [4.78, 5) is 12.0. The summed E-state index contributed by atoms with van der Waals surface area (Å²) in [6.45, 7) is 6.67. The lowest BCUT2D eigenvalue weighted by Gasteiger charge is -2.12. The molecule has 2 heteroatoms. The Balaban J connectivity index is 2.43. The zero-order chi connectivity index (χ0) is 12.7. The third kappa shape index (κ3) is 4.70. The minimum absolute atomic E-state index is 0.0708. The molecule has 2 nitrogen and oxygen atoms in total. The Morgan fingerprint density at radius 1 is 1.24 bits per heavy atom. The number of ketones is 1. The monoisotopic (exact) mass is 234 g/mol. The average molecular weight is 234 g/mol. The standard InChI is InChI=1S/C15H22O2/c1-4-5-6-11-17-13(3)15(16)14-9-7-12(2)8-10-14/h7-10,13H,4-6,11H2,1-3H3. The van der Waals surface area contributed by atoms with Crippen molar-refractivity contribution >= 4 is 5.78 Å². The number of carbonyl (C=O) groups is 1. The molecule has 0 aliphatic heterocycles. The van der Waals surface area contributed by atoms with E-state index in [-0.39, 0.29) is 11.9 Å². The fraction of sp³-hybridized carbons (Fsp3) is 0.533. The molecule has 1 rings (SSSR count). The third-order valence-electron chi connectivity index (χ3n) is 2.82. The Bertz CT molecular complexity index is 340. The number of carbonyl (C=O) groups excluding carboxylic acids is 1. The topological polar surface area (TPSA) is 26.3 Å². The molecule has 1 unspecified atom stereocenters. The van der Waals surface area contributed by atoms with Gasteiger partial charge < -0.3 is 4.74 Å². The Morgan fingerprint density at radius 2 is 1.88 bits per heavy atom. The van der Waals surface area contributed by atoms with E-state index in [1.165, 1.54) is 6.42 Å². The number of aryl methyl sites for hydroxylation is 1. The highest BCUT2D eigenvalue weighted by molar-refractivity contribution is 5.99. The molecule has 0 saturated carbocycles. The summed E-state index contributed by atoms with van der Waals surface area (Å²) in [5.74, 6) is 0.0708. The van der Waals surface area contributed by atoms with Crippen LogP contribution in [0.4, 0.5) is 0 Å². The lowest BCUT2D eigenvalue weighted by atomic mass is 10.1. The lowest BCUT2D eigenvalue weighted by molar-refractivity contribution is 0.0465. The van der Waals surface area contributed by atoms with E-state index in [1.54, 1.807) is 0 Å². The quantitative estimate of drug-likeness (QED) is 0.530. The zero-order valence-corrected chi connectivity index (χ0v) is 11.0. The maximum atomic E-state index is 12.0. The van der Waals surface area contributed by atoms with Gasteiger partial charge in [-0.25, -0.2) is 0 Å². The van der Waals surface area contributed by atoms with Gasteiger partial charge in [0.25, 0.3) is 0 Å². The second-order valence-corrected chi connectivity index (χ2v) is 4.45. The molecule has 0 spiro atoms. The van der Waals surface area contributed by atoms with Crippen molar-refractivity contribution < 1.29 is 9.53 Å². The van der Waals surface area contributed by atoms with E-state index in [0.717, 1.165) is 24.0 Å². The van der Waals surface area contributed by atoms with E-state index in [4.69, 9.17) is 4.74 Å². The molecule has 17 heavy (non-hydrogen) atoms. The molecule has 0 heterocycles. The van der Waals surface area contributed by atoms with Crippen LogP contribution in [0.2, 0.25) is 0 Å². The summed E-state index contributed by atoms with van der Waals surface area (Å²) in [5.41, 5.74) is 1.90. The highest BCUT2D eigenvalue weighted by atomic mass is 16.5. The van der Waals surface area contributed by atoms with Gasteiger partial charge in [0, 0.05) is 12.2 Å². The van der Waals surface area contributed by atoms with Crippen LogP contribution < -0.4 is 0 Å². The van der Waals surface area contributed by atoms with Gasteiger partial charge in [0.1, 0.15) is 6.10 Å². The van der Waals surface area contributed by atoms with Gasteiger partial charge in [-0.2, -0.15) is 0 Å². The van der Waals surface area contributed by atoms with Crippen molar-refractivity contribution in [3.63, 3.8) is 0 Å². The molecule has 1 aromatic rings. The van der Waals surface area contributed by atoms with Crippen molar-refractivity contribution in [1.82, 2.24) is 0 Å². The number of Topliss-reactive ketones (excluding diaryl/α,β-unsaturated/α-hetero) is 1. The lowest BCUT2D eigenvalue weighted by Crippen LogP contribution is -2.21. The maximum absolute atomic E-state index is 12.0. The van der Waals surface area contributed by atoms with Crippen LogP contribution in [0.1, 0.15) is 49.0 Å². The molecule has 94 valence electrons. The molecule has 0 radical (unpaired) electrons. The number of rotatable bonds is 7. The molecular weight excluding hydrogens is 212 g/mol. The SMILES string of the molecule is CCCCCOC(C)C(=O)c1ccc(C)cc1. The van der Waals surface area contributed by atoms with Crippen LogP contribution in [-0.2, 0) is 4.74 Å². The summed E-state index contributed by atoms with van der Waals surface area (Å²) in [6, 6.07) is 7.64. The molecule has 1 aromatic carbocycles. The van der Waals surface area contributed by atoms with E-state index in [1.807, 2.05) is 38.1 Å². The molecule has 0 fully saturated rings. The Labute approximate surface area is 104 Å². The Morgan fingerprint density at radius 3 is 2.47 bits per heavy atom. The number of ether oxygens (including phenoxy) is 1. The number of hydrogen-bond acceptors (Lipinski definition) is 2.